The quantitative estimate of drug-likeness (QED) is 0.809. The molecule has 0 spiro atoms. The van der Waals surface area contributed by atoms with Crippen molar-refractivity contribution in [2.45, 2.75) is 29.2 Å². The van der Waals surface area contributed by atoms with Gasteiger partial charge in [0.2, 0.25) is 0 Å². The summed E-state index contributed by atoms with van der Waals surface area (Å²) in [7, 11) is 0. The maximum atomic E-state index is 11.9. The van der Waals surface area contributed by atoms with E-state index in [1.54, 1.807) is 17.8 Å². The first-order valence-electron chi connectivity index (χ1n) is 5.79. The van der Waals surface area contributed by atoms with Crippen LogP contribution in [0.15, 0.2) is 57.1 Å². The van der Waals surface area contributed by atoms with Gasteiger partial charge in [0.05, 0.1) is 0 Å². The van der Waals surface area contributed by atoms with Gasteiger partial charge in [-0.3, -0.25) is 4.79 Å². The van der Waals surface area contributed by atoms with Gasteiger partial charge in [-0.15, -0.1) is 0 Å². The number of hydrogen-bond donors (Lipinski definition) is 0. The fourth-order valence-corrected chi connectivity index (χ4v) is 3.11. The van der Waals surface area contributed by atoms with E-state index in [-0.39, 0.29) is 5.56 Å². The molecule has 2 heterocycles. The van der Waals surface area contributed by atoms with Gasteiger partial charge in [-0.2, -0.15) is 0 Å². The Kier molecular flexibility index (Phi) is 2.77. The van der Waals surface area contributed by atoms with Gasteiger partial charge in [0.1, 0.15) is 0 Å². The highest BCUT2D eigenvalue weighted by Gasteiger charge is 2.12. The molecule has 1 aromatic heterocycles. The van der Waals surface area contributed by atoms with Crippen LogP contribution < -0.4 is 5.56 Å². The van der Waals surface area contributed by atoms with Crippen LogP contribution in [0.1, 0.15) is 12.1 Å². The van der Waals surface area contributed by atoms with Crippen molar-refractivity contribution in [1.29, 1.82) is 0 Å². The Balaban J connectivity index is 1.95. The second-order valence-corrected chi connectivity index (χ2v) is 5.34. The van der Waals surface area contributed by atoms with Crippen LogP contribution in [-0.2, 0) is 13.0 Å². The summed E-state index contributed by atoms with van der Waals surface area (Å²) in [4.78, 5) is 14.1. The van der Waals surface area contributed by atoms with Gasteiger partial charge in [0.15, 0.2) is 0 Å². The standard InChI is InChI=1S/C14H13NOS/c16-14-10-13(9-11-5-4-8-15(11)14)17-12-6-2-1-3-7-12/h1-3,6-7,9-10H,4-5,8H2. The summed E-state index contributed by atoms with van der Waals surface area (Å²) in [5.74, 6) is 0. The Morgan fingerprint density at radius 3 is 2.71 bits per heavy atom. The zero-order valence-corrected chi connectivity index (χ0v) is 10.2. The molecule has 0 fully saturated rings. The monoisotopic (exact) mass is 243 g/mol. The van der Waals surface area contributed by atoms with E-state index in [0.29, 0.717) is 0 Å². The molecule has 0 saturated carbocycles. The average Bonchev–Trinajstić information content (AvgIpc) is 2.79. The lowest BCUT2D eigenvalue weighted by Crippen LogP contribution is -2.18. The number of nitrogens with zero attached hydrogens (tertiary/aromatic N) is 1. The topological polar surface area (TPSA) is 22.0 Å². The van der Waals surface area contributed by atoms with Crippen LogP contribution in [0, 0.1) is 0 Å². The zero-order valence-electron chi connectivity index (χ0n) is 9.43. The summed E-state index contributed by atoms with van der Waals surface area (Å²) in [5, 5.41) is 0. The van der Waals surface area contributed by atoms with Gasteiger partial charge in [0, 0.05) is 28.1 Å². The number of aromatic nitrogens is 1. The summed E-state index contributed by atoms with van der Waals surface area (Å²) in [6.45, 7) is 0.879. The largest absolute Gasteiger partial charge is 0.313 e. The summed E-state index contributed by atoms with van der Waals surface area (Å²) < 4.78 is 1.88. The number of benzene rings is 1. The van der Waals surface area contributed by atoms with Crippen LogP contribution in [0.3, 0.4) is 0 Å². The predicted molar refractivity (Wildman–Crippen MR) is 69.6 cm³/mol. The Hall–Kier alpha value is -1.48. The third-order valence-corrected chi connectivity index (χ3v) is 3.96. The Morgan fingerprint density at radius 1 is 1.06 bits per heavy atom. The predicted octanol–water partition coefficient (Wildman–Crippen LogP) is 2.95. The number of hydrogen-bond acceptors (Lipinski definition) is 2. The highest BCUT2D eigenvalue weighted by Crippen LogP contribution is 2.28. The SMILES string of the molecule is O=c1cc(Sc2ccccc2)cc2n1CCC2. The minimum Gasteiger partial charge on any atom is -0.313 e. The van der Waals surface area contributed by atoms with Crippen molar-refractivity contribution in [2.24, 2.45) is 0 Å². The fraction of sp³-hybridized carbons (Fsp3) is 0.214. The van der Waals surface area contributed by atoms with Gasteiger partial charge in [-0.25, -0.2) is 0 Å². The maximum absolute atomic E-state index is 11.9. The van der Waals surface area contributed by atoms with Crippen molar-refractivity contribution in [3.63, 3.8) is 0 Å². The van der Waals surface area contributed by atoms with Crippen LogP contribution in [-0.4, -0.2) is 4.57 Å². The summed E-state index contributed by atoms with van der Waals surface area (Å²) in [6, 6.07) is 14.1. The van der Waals surface area contributed by atoms with Crippen LogP contribution in [0.4, 0.5) is 0 Å². The first-order valence-corrected chi connectivity index (χ1v) is 6.61. The molecule has 0 saturated heterocycles. The number of rotatable bonds is 2. The molecule has 1 aromatic carbocycles. The molecule has 1 aliphatic rings. The molecule has 17 heavy (non-hydrogen) atoms. The summed E-state index contributed by atoms with van der Waals surface area (Å²) >= 11 is 1.65. The van der Waals surface area contributed by atoms with E-state index in [1.807, 2.05) is 22.8 Å². The lowest BCUT2D eigenvalue weighted by Gasteiger charge is -2.06. The van der Waals surface area contributed by atoms with Crippen LogP contribution in [0.25, 0.3) is 0 Å². The lowest BCUT2D eigenvalue weighted by molar-refractivity contribution is 0.718. The first-order chi connectivity index (χ1) is 8.33. The molecule has 0 amide bonds. The van der Waals surface area contributed by atoms with Crippen LogP contribution >= 0.6 is 11.8 Å². The molecule has 0 atom stereocenters. The van der Waals surface area contributed by atoms with E-state index in [2.05, 4.69) is 18.2 Å². The van der Waals surface area contributed by atoms with E-state index in [0.717, 1.165) is 24.3 Å². The molecular weight excluding hydrogens is 230 g/mol. The Morgan fingerprint density at radius 2 is 1.88 bits per heavy atom. The van der Waals surface area contributed by atoms with Crippen molar-refractivity contribution >= 4 is 11.8 Å². The van der Waals surface area contributed by atoms with Crippen molar-refractivity contribution in [3.05, 3.63) is 58.5 Å². The summed E-state index contributed by atoms with van der Waals surface area (Å²) in [5.41, 5.74) is 1.31. The molecule has 2 nitrogen and oxygen atoms in total. The molecule has 0 N–H and O–H groups in total. The molecule has 0 bridgehead atoms. The molecule has 86 valence electrons. The second kappa shape index (κ2) is 4.41. The molecule has 0 radical (unpaired) electrons. The molecule has 3 rings (SSSR count). The third-order valence-electron chi connectivity index (χ3n) is 2.98. The first kappa shape index (κ1) is 10.7. The minimum atomic E-state index is 0.137. The van der Waals surface area contributed by atoms with Gasteiger partial charge in [0.25, 0.3) is 5.56 Å². The molecular formula is C14H13NOS. The molecule has 0 unspecified atom stereocenters. The Labute approximate surface area is 104 Å². The molecule has 0 aliphatic carbocycles. The smallest absolute Gasteiger partial charge is 0.251 e. The fourth-order valence-electron chi connectivity index (χ4n) is 2.19. The lowest BCUT2D eigenvalue weighted by atomic mass is 10.3. The minimum absolute atomic E-state index is 0.137. The van der Waals surface area contributed by atoms with Gasteiger partial charge in [-0.05, 0) is 31.0 Å². The van der Waals surface area contributed by atoms with E-state index in [4.69, 9.17) is 0 Å². The van der Waals surface area contributed by atoms with E-state index in [9.17, 15) is 4.79 Å². The third kappa shape index (κ3) is 2.15. The van der Waals surface area contributed by atoms with E-state index in [1.165, 1.54) is 10.6 Å². The van der Waals surface area contributed by atoms with E-state index < -0.39 is 0 Å². The average molecular weight is 243 g/mol. The highest BCUT2D eigenvalue weighted by atomic mass is 32.2. The Bertz CT molecular complexity index is 589. The molecule has 3 heteroatoms. The highest BCUT2D eigenvalue weighted by molar-refractivity contribution is 7.99. The summed E-state index contributed by atoms with van der Waals surface area (Å²) in [6.07, 6.45) is 2.12. The van der Waals surface area contributed by atoms with E-state index >= 15 is 0 Å². The van der Waals surface area contributed by atoms with Crippen LogP contribution in [0.2, 0.25) is 0 Å². The van der Waals surface area contributed by atoms with Gasteiger partial charge < -0.3 is 4.57 Å². The number of aryl methyl sites for hydroxylation is 1. The zero-order chi connectivity index (χ0) is 11.7. The van der Waals surface area contributed by atoms with Crippen LogP contribution in [0.5, 0.6) is 0 Å². The number of fused-ring (bicyclic) bond motifs is 1. The van der Waals surface area contributed by atoms with Gasteiger partial charge in [-0.1, -0.05) is 30.0 Å². The molecule has 2 aromatic rings. The van der Waals surface area contributed by atoms with Crippen molar-refractivity contribution < 1.29 is 0 Å². The maximum Gasteiger partial charge on any atom is 0.251 e. The number of pyridine rings is 1. The molecule has 1 aliphatic heterocycles. The van der Waals surface area contributed by atoms with Crippen molar-refractivity contribution in [2.75, 3.05) is 0 Å². The van der Waals surface area contributed by atoms with Gasteiger partial charge >= 0.3 is 0 Å². The second-order valence-electron chi connectivity index (χ2n) is 4.19. The normalized spacial score (nSPS) is 13.6. The van der Waals surface area contributed by atoms with Crippen molar-refractivity contribution in [1.82, 2.24) is 4.57 Å². The van der Waals surface area contributed by atoms with Crippen molar-refractivity contribution in [3.8, 4) is 0 Å².